The van der Waals surface area contributed by atoms with E-state index in [1.165, 1.54) is 32.1 Å². The van der Waals surface area contributed by atoms with Crippen molar-refractivity contribution in [1.82, 2.24) is 21.3 Å². The summed E-state index contributed by atoms with van der Waals surface area (Å²) in [6.07, 6.45) is 1.30. The van der Waals surface area contributed by atoms with Gasteiger partial charge in [-0.3, -0.25) is 43.3 Å². The second-order valence-electron chi connectivity index (χ2n) is 18.3. The number of allylic oxidation sites excluding steroid dienone is 4. The van der Waals surface area contributed by atoms with Crippen LogP contribution in [0.25, 0.3) is 0 Å². The summed E-state index contributed by atoms with van der Waals surface area (Å²) in [6, 6.07) is -4.42. The van der Waals surface area contributed by atoms with E-state index in [0.717, 1.165) is 0 Å². The minimum atomic E-state index is -2.18. The van der Waals surface area contributed by atoms with Gasteiger partial charge in [0.2, 0.25) is 29.4 Å². The van der Waals surface area contributed by atoms with Gasteiger partial charge >= 0.3 is 17.9 Å². The van der Waals surface area contributed by atoms with Gasteiger partial charge in [0.1, 0.15) is 23.7 Å². The molecule has 4 amide bonds. The number of nitrogens with two attached hydrogens (primary N) is 2. The molecule has 11 atom stereocenters. The number of ketones is 2. The van der Waals surface area contributed by atoms with Crippen LogP contribution in [0.4, 0.5) is 4.39 Å². The topological polar surface area (TPSA) is 356 Å². The van der Waals surface area contributed by atoms with Crippen LogP contribution in [-0.4, -0.2) is 135 Å². The van der Waals surface area contributed by atoms with Crippen LogP contribution in [0, 0.1) is 34.5 Å². The van der Waals surface area contributed by atoms with E-state index in [4.69, 9.17) is 16.2 Å². The van der Waals surface area contributed by atoms with E-state index in [-0.39, 0.29) is 50.4 Å². The number of carbonyl (C=O) groups excluding carboxylic acids is 7. The van der Waals surface area contributed by atoms with E-state index >= 15 is 4.39 Å². The SMILES string of the molecule is CC(C)[C@H](NC(=O)[C@H](CC(=O)O)NC(=O)CNC(=O)[C@H](CCCN=C(N)N)NC(=O)CCC(=O)OCC(=O)[C@@]1(O)[C@H](C)C[C@H]2[C@@H]3CCC4=CC(=O)C=C[C@]4(C)[C@@]3(F)[C@@H](O)C[C@@]21C)C(=O)O. The van der Waals surface area contributed by atoms with Crippen molar-refractivity contribution in [3.8, 4) is 0 Å². The summed E-state index contributed by atoms with van der Waals surface area (Å²) in [5.41, 5.74) is 4.42. The van der Waals surface area contributed by atoms with Crippen LogP contribution in [0.5, 0.6) is 0 Å². The number of ether oxygens (including phenoxy) is 1. The number of carboxylic acid groups (broad SMARTS) is 2. The molecule has 0 saturated heterocycles. The number of rotatable bonds is 21. The minimum Gasteiger partial charge on any atom is -0.481 e. The Balaban J connectivity index is 1.34. The highest BCUT2D eigenvalue weighted by atomic mass is 19.1. The molecule has 4 aliphatic carbocycles. The van der Waals surface area contributed by atoms with Gasteiger partial charge in [0.05, 0.1) is 25.5 Å². The van der Waals surface area contributed by atoms with Gasteiger partial charge in [-0.25, -0.2) is 9.18 Å². The molecule has 0 bridgehead atoms. The Morgan fingerprint density at radius 3 is 2.25 bits per heavy atom. The number of nitrogens with zero attached hydrogens (tertiary/aromatic N) is 1. The molecule has 65 heavy (non-hydrogen) atoms. The number of aliphatic carboxylic acids is 2. The van der Waals surface area contributed by atoms with Gasteiger partial charge in [0, 0.05) is 29.7 Å². The monoisotopic (exact) mass is 919 g/mol. The molecule has 0 unspecified atom stereocenters. The summed E-state index contributed by atoms with van der Waals surface area (Å²) in [6.45, 7) is 6.31. The van der Waals surface area contributed by atoms with Crippen molar-refractivity contribution in [3.05, 3.63) is 23.8 Å². The van der Waals surface area contributed by atoms with E-state index in [1.807, 2.05) is 0 Å². The Hall–Kier alpha value is -5.77. The zero-order chi connectivity index (χ0) is 48.8. The van der Waals surface area contributed by atoms with Crippen molar-refractivity contribution in [2.24, 2.45) is 51.0 Å². The van der Waals surface area contributed by atoms with Crippen LogP contribution in [0.3, 0.4) is 0 Å². The number of guanidine groups is 1. The van der Waals surface area contributed by atoms with Crippen molar-refractivity contribution < 1.29 is 72.7 Å². The van der Waals surface area contributed by atoms with Crippen LogP contribution in [0.2, 0.25) is 0 Å². The number of alkyl halides is 1. The smallest absolute Gasteiger partial charge is 0.326 e. The maximum Gasteiger partial charge on any atom is 0.326 e. The molecule has 0 heterocycles. The highest BCUT2D eigenvalue weighted by Gasteiger charge is 2.75. The van der Waals surface area contributed by atoms with Crippen LogP contribution in [0.15, 0.2) is 28.8 Å². The molecule has 360 valence electrons. The fourth-order valence-corrected chi connectivity index (χ4v) is 10.4. The first-order chi connectivity index (χ1) is 30.2. The maximum atomic E-state index is 17.5. The Kier molecular flexibility index (Phi) is 16.4. The first-order valence-electron chi connectivity index (χ1n) is 21.6. The predicted molar refractivity (Wildman–Crippen MR) is 226 cm³/mol. The lowest BCUT2D eigenvalue weighted by Gasteiger charge is -2.62. The van der Waals surface area contributed by atoms with Crippen LogP contribution >= 0.6 is 0 Å². The van der Waals surface area contributed by atoms with Crippen molar-refractivity contribution in [1.29, 1.82) is 0 Å². The van der Waals surface area contributed by atoms with Crippen LogP contribution in [0.1, 0.15) is 92.4 Å². The molecule has 3 fully saturated rings. The number of hydrogen-bond acceptors (Lipinski definition) is 13. The van der Waals surface area contributed by atoms with Gasteiger partial charge in [-0.05, 0) is 75.4 Å². The molecule has 0 aliphatic heterocycles. The van der Waals surface area contributed by atoms with Gasteiger partial charge in [0.15, 0.2) is 24.0 Å². The fourth-order valence-electron chi connectivity index (χ4n) is 10.4. The van der Waals surface area contributed by atoms with Crippen LogP contribution < -0.4 is 32.7 Å². The number of esters is 1. The molecule has 4 aliphatic rings. The van der Waals surface area contributed by atoms with Gasteiger partial charge < -0.3 is 57.9 Å². The number of carboxylic acids is 2. The molecule has 3 saturated carbocycles. The zero-order valence-corrected chi connectivity index (χ0v) is 37.2. The quantitative estimate of drug-likeness (QED) is 0.0288. The summed E-state index contributed by atoms with van der Waals surface area (Å²) in [7, 11) is 0. The van der Waals surface area contributed by atoms with Crippen molar-refractivity contribution in [3.63, 3.8) is 0 Å². The van der Waals surface area contributed by atoms with E-state index in [1.54, 1.807) is 20.8 Å². The number of carbonyl (C=O) groups is 9. The number of halogens is 1. The maximum absolute atomic E-state index is 17.5. The zero-order valence-electron chi connectivity index (χ0n) is 37.2. The van der Waals surface area contributed by atoms with Gasteiger partial charge in [0.25, 0.3) is 0 Å². The Labute approximate surface area is 374 Å². The van der Waals surface area contributed by atoms with Crippen LogP contribution in [-0.2, 0) is 47.9 Å². The third-order valence-corrected chi connectivity index (χ3v) is 13.8. The first kappa shape index (κ1) is 51.9. The number of aliphatic hydroxyl groups is 2. The van der Waals surface area contributed by atoms with Gasteiger partial charge in [-0.1, -0.05) is 39.3 Å². The Morgan fingerprint density at radius 2 is 1.63 bits per heavy atom. The minimum absolute atomic E-state index is 0.0404. The summed E-state index contributed by atoms with van der Waals surface area (Å²) >= 11 is 0. The highest BCUT2D eigenvalue weighted by molar-refractivity contribution is 6.01. The fraction of sp³-hybridized carbons (Fsp3) is 0.674. The number of aliphatic imine (C=N–C) groups is 1. The third kappa shape index (κ3) is 10.9. The summed E-state index contributed by atoms with van der Waals surface area (Å²) in [4.78, 5) is 117. The first-order valence-corrected chi connectivity index (χ1v) is 21.6. The average Bonchev–Trinajstić information content (AvgIpc) is 3.42. The lowest BCUT2D eigenvalue weighted by molar-refractivity contribution is -0.220. The third-order valence-electron chi connectivity index (χ3n) is 13.8. The molecular formula is C43H62FN7O14. The van der Waals surface area contributed by atoms with Gasteiger partial charge in [-0.2, -0.15) is 0 Å². The van der Waals surface area contributed by atoms with Crippen molar-refractivity contribution in [2.45, 2.75) is 128 Å². The second-order valence-corrected chi connectivity index (χ2v) is 18.3. The molecular weight excluding hydrogens is 858 g/mol. The summed E-state index contributed by atoms with van der Waals surface area (Å²) in [5, 5.41) is 51.5. The number of aliphatic hydroxyl groups excluding tert-OH is 1. The van der Waals surface area contributed by atoms with E-state index < -0.39 is 150 Å². The molecule has 22 heteroatoms. The summed E-state index contributed by atoms with van der Waals surface area (Å²) in [5.74, 6) is -11.7. The molecule has 0 aromatic rings. The predicted octanol–water partition coefficient (Wildman–Crippen LogP) is -0.934. The number of Topliss-reactive ketones (excluding diaryl/α,β-unsaturated/α-hetero) is 1. The largest absolute Gasteiger partial charge is 0.481 e. The van der Waals surface area contributed by atoms with E-state index in [9.17, 15) is 63.6 Å². The number of hydrogen-bond donors (Lipinski definition) is 10. The Bertz CT molecular complexity index is 2020. The van der Waals surface area contributed by atoms with Gasteiger partial charge in [-0.15, -0.1) is 0 Å². The van der Waals surface area contributed by atoms with E-state index in [2.05, 4.69) is 26.3 Å². The molecule has 0 aromatic carbocycles. The second kappa shape index (κ2) is 20.6. The highest BCUT2D eigenvalue weighted by Crippen LogP contribution is 2.70. The average molecular weight is 920 g/mol. The summed E-state index contributed by atoms with van der Waals surface area (Å²) < 4.78 is 22.7. The molecule has 21 nitrogen and oxygen atoms in total. The Morgan fingerprint density at radius 1 is 0.969 bits per heavy atom. The normalized spacial score (nSPS) is 30.2. The number of nitrogens with one attached hydrogen (secondary N) is 4. The van der Waals surface area contributed by atoms with E-state index in [0.29, 0.717) is 12.0 Å². The van der Waals surface area contributed by atoms with Crippen molar-refractivity contribution >= 4 is 59.1 Å². The number of amides is 4. The standard InChI is InChI=1S/C43H62FN7O14/c1-21(2)35(38(62)63)51-37(61)28(17-33(57)58)50-32(56)19-48-36(60)27(7-6-14-47-39(45)46)49-31(55)10-11-34(59)65-20-30(54)43(64)22(3)15-26-25-9-8-23-16-24(52)12-13-40(23,4)42(25,44)29(53)18-41(26,43)5/h12-13,16,21-22,25-29,35,53,64H,6-11,14-15,17-20H2,1-5H3,(H,48,60)(H,49,55)(H,50,56)(H,51,61)(H,57,58)(H,62,63)(H4,45,46,47)/t22-,25+,26+,27+,28+,29+,35+,40+,41+,42+,43+/m1/s1. The van der Waals surface area contributed by atoms with Crippen molar-refractivity contribution in [2.75, 3.05) is 19.7 Å². The molecule has 4 rings (SSSR count). The molecule has 0 radical (unpaired) electrons. The molecule has 12 N–H and O–H groups in total. The lowest BCUT2D eigenvalue weighted by atomic mass is 9.44. The lowest BCUT2D eigenvalue weighted by Crippen LogP contribution is -2.69. The molecule has 0 aromatic heterocycles. The molecule has 0 spiro atoms. The number of fused-ring (bicyclic) bond motifs is 5.